The number of aliphatic imine (C=N–C) groups is 1. The van der Waals surface area contributed by atoms with Crippen molar-refractivity contribution in [2.75, 3.05) is 0 Å². The first-order valence-electron chi connectivity index (χ1n) is 21.9. The molecule has 1 aliphatic carbocycles. The predicted octanol–water partition coefficient (Wildman–Crippen LogP) is 14.5. The van der Waals surface area contributed by atoms with Crippen LogP contribution in [0.4, 0.5) is 0 Å². The van der Waals surface area contributed by atoms with Gasteiger partial charge in [-0.15, -0.1) is 0 Å². The summed E-state index contributed by atoms with van der Waals surface area (Å²) < 4.78 is 16.5. The predicted molar refractivity (Wildman–Crippen MR) is 252 cm³/mol. The highest BCUT2D eigenvalue weighted by Gasteiger charge is 2.68. The Morgan fingerprint density at radius 1 is 0.600 bits per heavy atom. The number of fused-ring (bicyclic) bond motifs is 6. The summed E-state index contributed by atoms with van der Waals surface area (Å²) in [6.07, 6.45) is 1.93. The van der Waals surface area contributed by atoms with Crippen LogP contribution in [0.3, 0.4) is 0 Å². The van der Waals surface area contributed by atoms with Crippen LogP contribution in [0.15, 0.2) is 84.0 Å². The van der Waals surface area contributed by atoms with Gasteiger partial charge in [-0.05, 0) is 131 Å². The van der Waals surface area contributed by atoms with Crippen molar-refractivity contribution in [1.29, 1.82) is 0 Å². The normalized spacial score (nSPS) is 20.3. The monoisotopic (exact) mass is 802 g/mol. The fourth-order valence-corrected chi connectivity index (χ4v) is 9.84. The van der Waals surface area contributed by atoms with E-state index in [1.165, 1.54) is 44.2 Å². The van der Waals surface area contributed by atoms with E-state index in [0.717, 1.165) is 45.0 Å². The van der Waals surface area contributed by atoms with Crippen LogP contribution in [0.1, 0.15) is 161 Å². The molecule has 0 fully saturated rings. The largest absolute Gasteiger partial charge is 0.464 e. The molecule has 5 nitrogen and oxygen atoms in total. The van der Waals surface area contributed by atoms with E-state index in [0.29, 0.717) is 5.90 Å². The van der Waals surface area contributed by atoms with E-state index in [4.69, 9.17) is 19.5 Å². The first kappa shape index (κ1) is 41.8. The zero-order chi connectivity index (χ0) is 43.9. The molecule has 0 amide bonds. The van der Waals surface area contributed by atoms with E-state index >= 15 is 0 Å². The molecule has 0 unspecified atom stereocenters. The molecule has 1 aliphatic heterocycles. The number of ether oxygens (including phenoxy) is 2. The van der Waals surface area contributed by atoms with Gasteiger partial charge in [0, 0.05) is 39.6 Å². The minimum atomic E-state index is -0.662. The van der Waals surface area contributed by atoms with Crippen molar-refractivity contribution in [3.8, 4) is 17.3 Å². The highest BCUT2D eigenvalue weighted by Crippen LogP contribution is 2.64. The number of hydrogen-bond donors (Lipinski definition) is 0. The lowest BCUT2D eigenvalue weighted by atomic mass is 9.67. The van der Waals surface area contributed by atoms with Crippen LogP contribution in [0, 0.1) is 13.8 Å². The number of aryl methyl sites for hydroxylation is 2. The van der Waals surface area contributed by atoms with Gasteiger partial charge >= 0.3 is 0 Å². The fourth-order valence-electron chi connectivity index (χ4n) is 9.84. The van der Waals surface area contributed by atoms with Crippen LogP contribution in [-0.2, 0) is 37.4 Å². The van der Waals surface area contributed by atoms with E-state index in [-0.39, 0.29) is 27.1 Å². The molecule has 6 aromatic rings. The van der Waals surface area contributed by atoms with E-state index in [1.807, 2.05) is 6.20 Å². The molecule has 5 heteroatoms. The second-order valence-corrected chi connectivity index (χ2v) is 22.9. The van der Waals surface area contributed by atoms with Gasteiger partial charge in [0.2, 0.25) is 5.90 Å². The molecule has 60 heavy (non-hydrogen) atoms. The second-order valence-electron chi connectivity index (χ2n) is 22.9. The number of rotatable bonds is 4. The van der Waals surface area contributed by atoms with Gasteiger partial charge in [-0.2, -0.15) is 0 Å². The summed E-state index contributed by atoms with van der Waals surface area (Å²) in [4.78, 5) is 10.6. The first-order valence-corrected chi connectivity index (χ1v) is 21.9. The zero-order valence-corrected chi connectivity index (χ0v) is 39.7. The summed E-state index contributed by atoms with van der Waals surface area (Å²) in [6.45, 7) is 41.0. The van der Waals surface area contributed by atoms with E-state index in [9.17, 15) is 0 Å². The number of aromatic nitrogens is 2. The number of hydrogen-bond acceptors (Lipinski definition) is 4. The Hall–Kier alpha value is -4.90. The Labute approximate surface area is 359 Å². The molecule has 0 spiro atoms. The molecule has 8 rings (SSSR count). The lowest BCUT2D eigenvalue weighted by Gasteiger charge is -2.40. The highest BCUT2D eigenvalue weighted by atomic mass is 16.5. The van der Waals surface area contributed by atoms with E-state index < -0.39 is 11.1 Å². The highest BCUT2D eigenvalue weighted by molar-refractivity contribution is 6.10. The summed E-state index contributed by atoms with van der Waals surface area (Å²) >= 11 is 0. The summed E-state index contributed by atoms with van der Waals surface area (Å²) in [5.41, 5.74) is 11.6. The number of pyridine rings is 1. The Morgan fingerprint density at radius 3 is 1.88 bits per heavy atom. The van der Waals surface area contributed by atoms with Crippen LogP contribution in [0.5, 0.6) is 11.5 Å². The fraction of sp³-hybridized carbons (Fsp3) is 0.455. The topological polar surface area (TPSA) is 48.6 Å². The average molecular weight is 802 g/mol. The summed E-state index contributed by atoms with van der Waals surface area (Å²) in [5, 5.41) is 2.38. The van der Waals surface area contributed by atoms with Crippen molar-refractivity contribution in [3.63, 3.8) is 0 Å². The first-order chi connectivity index (χ1) is 27.6. The molecule has 0 saturated carbocycles. The Kier molecular flexibility index (Phi) is 9.10. The summed E-state index contributed by atoms with van der Waals surface area (Å²) in [7, 11) is 0. The van der Waals surface area contributed by atoms with Crippen molar-refractivity contribution < 1.29 is 9.47 Å². The number of nitrogens with zero attached hydrogens (tertiary/aromatic N) is 3. The lowest BCUT2D eigenvalue weighted by molar-refractivity contribution is 0.0190. The standard InChI is InChI=1S/C55H67N3O2/c1-32-25-33(2)45(31-39(32)48-57-55(18)53(15,16)47-41(52(12,13)14)27-36(51(9,10)11)28-42(47)54(55,17)60-48)59-37-20-21-38-40-26-34(49(3,4)5)19-22-43(40)58(44(38)30-37)46-29-35(23-24-56-46)50(6,7)8/h19-31H,1-18H3/t54-,55+/m0/s1. The SMILES string of the molecule is Cc1cc(C)c(C2=N[C@]3(C)C(C)(C)c4c(C(C)(C)C)cc(C(C)(C)C)cc4[C@]3(C)O2)cc1Oc1ccc2c3cc(C(C)(C)C)ccc3n(-c3cc(C(C)(C)C)ccn3)c2c1. The van der Waals surface area contributed by atoms with E-state index in [2.05, 4.69) is 202 Å². The van der Waals surface area contributed by atoms with Crippen LogP contribution >= 0.6 is 0 Å². The van der Waals surface area contributed by atoms with Crippen LogP contribution in [0.2, 0.25) is 0 Å². The summed E-state index contributed by atoms with van der Waals surface area (Å²) in [6, 6.07) is 26.9. The molecule has 0 N–H and O–H groups in total. The molecule has 0 bridgehead atoms. The van der Waals surface area contributed by atoms with Crippen molar-refractivity contribution in [3.05, 3.63) is 129 Å². The smallest absolute Gasteiger partial charge is 0.218 e. The van der Waals surface area contributed by atoms with Gasteiger partial charge in [-0.25, -0.2) is 9.98 Å². The molecular formula is C55H67N3O2. The van der Waals surface area contributed by atoms with Gasteiger partial charge in [0.1, 0.15) is 22.9 Å². The van der Waals surface area contributed by atoms with Crippen molar-refractivity contribution in [2.45, 2.75) is 163 Å². The molecule has 0 radical (unpaired) electrons. The number of benzene rings is 4. The Balaban J connectivity index is 1.24. The lowest BCUT2D eigenvalue weighted by Crippen LogP contribution is -2.49. The van der Waals surface area contributed by atoms with Gasteiger partial charge in [0.05, 0.1) is 11.0 Å². The molecule has 2 aliphatic rings. The molecule has 0 saturated heterocycles. The minimum Gasteiger partial charge on any atom is -0.464 e. The van der Waals surface area contributed by atoms with Crippen LogP contribution in [-0.4, -0.2) is 21.0 Å². The third-order valence-corrected chi connectivity index (χ3v) is 14.1. The van der Waals surface area contributed by atoms with Gasteiger partial charge < -0.3 is 9.47 Å². The molecule has 3 heterocycles. The van der Waals surface area contributed by atoms with Gasteiger partial charge in [0.25, 0.3) is 0 Å². The zero-order valence-electron chi connectivity index (χ0n) is 39.7. The second kappa shape index (κ2) is 13.1. The van der Waals surface area contributed by atoms with Gasteiger partial charge in [0.15, 0.2) is 5.60 Å². The van der Waals surface area contributed by atoms with Gasteiger partial charge in [-0.1, -0.05) is 121 Å². The molecule has 2 atom stereocenters. The Morgan fingerprint density at radius 2 is 1.25 bits per heavy atom. The van der Waals surface area contributed by atoms with E-state index in [1.54, 1.807) is 0 Å². The van der Waals surface area contributed by atoms with Crippen LogP contribution < -0.4 is 4.74 Å². The van der Waals surface area contributed by atoms with Crippen molar-refractivity contribution in [1.82, 2.24) is 9.55 Å². The third-order valence-electron chi connectivity index (χ3n) is 14.1. The van der Waals surface area contributed by atoms with Crippen molar-refractivity contribution in [2.24, 2.45) is 4.99 Å². The average Bonchev–Trinajstić information content (AvgIpc) is 3.65. The molecule has 2 aromatic heterocycles. The maximum absolute atomic E-state index is 7.29. The molecule has 4 aromatic carbocycles. The molecule has 314 valence electrons. The molecular weight excluding hydrogens is 735 g/mol. The third kappa shape index (κ3) is 6.31. The minimum absolute atomic E-state index is 0.0153. The maximum Gasteiger partial charge on any atom is 0.218 e. The van der Waals surface area contributed by atoms with Crippen molar-refractivity contribution >= 4 is 27.7 Å². The quantitative estimate of drug-likeness (QED) is 0.178. The summed E-state index contributed by atoms with van der Waals surface area (Å²) in [5.74, 6) is 3.12. The Bertz CT molecular complexity index is 2770. The van der Waals surface area contributed by atoms with Crippen LogP contribution in [0.25, 0.3) is 27.6 Å². The maximum atomic E-state index is 7.29. The van der Waals surface area contributed by atoms with Gasteiger partial charge in [-0.3, -0.25) is 4.57 Å².